The van der Waals surface area contributed by atoms with Gasteiger partial charge in [-0.3, -0.25) is 0 Å². The highest BCUT2D eigenvalue weighted by molar-refractivity contribution is 9.10. The van der Waals surface area contributed by atoms with Crippen LogP contribution in [0, 0.1) is 6.92 Å². The van der Waals surface area contributed by atoms with Gasteiger partial charge in [0.1, 0.15) is 0 Å². The Balaban J connectivity index is 2.88. The van der Waals surface area contributed by atoms with E-state index in [0.717, 1.165) is 0 Å². The van der Waals surface area contributed by atoms with Crippen LogP contribution in [0.4, 0.5) is 0 Å². The number of carbonyl (C=O) groups is 1. The molecule has 0 N–H and O–H groups in total. The van der Waals surface area contributed by atoms with Crippen LogP contribution >= 0.6 is 15.9 Å². The maximum Gasteiger partial charge on any atom is 0.378 e. The van der Waals surface area contributed by atoms with E-state index in [2.05, 4.69) is 21.1 Å². The molecule has 0 saturated carbocycles. The van der Waals surface area contributed by atoms with Gasteiger partial charge in [-0.15, -0.1) is 0 Å². The highest BCUT2D eigenvalue weighted by Gasteiger charge is 2.18. The number of rotatable bonds is 2. The summed E-state index contributed by atoms with van der Waals surface area (Å²) in [7, 11) is 0. The Hall–Kier alpha value is -0.840. The second kappa shape index (κ2) is 3.71. The van der Waals surface area contributed by atoms with Crippen LogP contribution in [0.25, 0.3) is 0 Å². The van der Waals surface area contributed by atoms with Crippen molar-refractivity contribution in [1.29, 1.82) is 0 Å². The number of carbonyl (C=O) groups excluding carboxylic acids is 1. The SMILES string of the molecule is CCOC(=O)c1onc(C)c1Br. The van der Waals surface area contributed by atoms with E-state index in [1.165, 1.54) is 0 Å². The van der Waals surface area contributed by atoms with Gasteiger partial charge in [0, 0.05) is 0 Å². The van der Waals surface area contributed by atoms with Crippen LogP contribution in [0.3, 0.4) is 0 Å². The summed E-state index contributed by atoms with van der Waals surface area (Å²) in [6.45, 7) is 3.79. The van der Waals surface area contributed by atoms with Crippen LogP contribution in [0.2, 0.25) is 0 Å². The van der Waals surface area contributed by atoms with E-state index in [0.29, 0.717) is 16.8 Å². The van der Waals surface area contributed by atoms with Crippen LogP contribution in [0.15, 0.2) is 9.00 Å². The standard InChI is InChI=1S/C7H8BrNO3/c1-3-11-7(10)6-5(8)4(2)9-12-6/h3H2,1-2H3. The van der Waals surface area contributed by atoms with Crippen molar-refractivity contribution < 1.29 is 14.1 Å². The molecule has 0 aliphatic carbocycles. The smallest absolute Gasteiger partial charge is 0.378 e. The fourth-order valence-corrected chi connectivity index (χ4v) is 0.989. The van der Waals surface area contributed by atoms with Crippen LogP contribution in [0.1, 0.15) is 23.2 Å². The molecule has 5 heteroatoms. The molecule has 0 radical (unpaired) electrons. The normalized spacial score (nSPS) is 9.92. The molecule has 0 spiro atoms. The highest BCUT2D eigenvalue weighted by atomic mass is 79.9. The van der Waals surface area contributed by atoms with E-state index in [-0.39, 0.29) is 5.76 Å². The molecule has 1 aromatic heterocycles. The van der Waals surface area contributed by atoms with Crippen molar-refractivity contribution in [3.8, 4) is 0 Å². The molecule has 0 unspecified atom stereocenters. The van der Waals surface area contributed by atoms with E-state index in [1.54, 1.807) is 13.8 Å². The minimum absolute atomic E-state index is 0.120. The van der Waals surface area contributed by atoms with E-state index < -0.39 is 5.97 Å². The van der Waals surface area contributed by atoms with Crippen molar-refractivity contribution in [1.82, 2.24) is 5.16 Å². The van der Waals surface area contributed by atoms with Gasteiger partial charge in [-0.2, -0.15) is 0 Å². The Bertz CT molecular complexity index is 295. The lowest BCUT2D eigenvalue weighted by molar-refractivity contribution is 0.0478. The lowest BCUT2D eigenvalue weighted by Gasteiger charge is -1.95. The summed E-state index contributed by atoms with van der Waals surface area (Å²) in [5.41, 5.74) is 0.637. The first-order chi connectivity index (χ1) is 5.66. The van der Waals surface area contributed by atoms with Crippen molar-refractivity contribution in [3.05, 3.63) is 15.9 Å². The Morgan fingerprint density at radius 2 is 2.42 bits per heavy atom. The number of hydrogen-bond acceptors (Lipinski definition) is 4. The Morgan fingerprint density at radius 1 is 1.75 bits per heavy atom. The third-order valence-electron chi connectivity index (χ3n) is 1.25. The number of ether oxygens (including phenoxy) is 1. The van der Waals surface area contributed by atoms with Gasteiger partial charge >= 0.3 is 5.97 Å². The van der Waals surface area contributed by atoms with Crippen molar-refractivity contribution in [2.45, 2.75) is 13.8 Å². The molecule has 4 nitrogen and oxygen atoms in total. The van der Waals surface area contributed by atoms with E-state index in [1.807, 2.05) is 0 Å². The van der Waals surface area contributed by atoms with Gasteiger partial charge in [-0.05, 0) is 29.8 Å². The summed E-state index contributed by atoms with van der Waals surface area (Å²) in [6.07, 6.45) is 0. The van der Waals surface area contributed by atoms with Crippen molar-refractivity contribution in [2.75, 3.05) is 6.61 Å². The minimum Gasteiger partial charge on any atom is -0.460 e. The zero-order chi connectivity index (χ0) is 9.14. The first-order valence-electron chi connectivity index (χ1n) is 3.45. The third kappa shape index (κ3) is 1.66. The van der Waals surface area contributed by atoms with Gasteiger partial charge in [-0.1, -0.05) is 5.16 Å². The molecule has 0 aliphatic heterocycles. The number of nitrogens with zero attached hydrogens (tertiary/aromatic N) is 1. The molecule has 0 saturated heterocycles. The summed E-state index contributed by atoms with van der Waals surface area (Å²) in [6, 6.07) is 0. The number of halogens is 1. The van der Waals surface area contributed by atoms with Gasteiger partial charge in [0.25, 0.3) is 5.76 Å². The predicted octanol–water partition coefficient (Wildman–Crippen LogP) is 1.92. The lowest BCUT2D eigenvalue weighted by atomic mass is 10.4. The maximum atomic E-state index is 11.1. The van der Waals surface area contributed by atoms with Gasteiger partial charge < -0.3 is 9.26 Å². The Morgan fingerprint density at radius 3 is 2.83 bits per heavy atom. The zero-order valence-corrected chi connectivity index (χ0v) is 8.34. The lowest BCUT2D eigenvalue weighted by Crippen LogP contribution is -2.03. The van der Waals surface area contributed by atoms with Crippen LogP contribution in [-0.2, 0) is 4.74 Å². The van der Waals surface area contributed by atoms with Gasteiger partial charge in [0.2, 0.25) is 0 Å². The third-order valence-corrected chi connectivity index (χ3v) is 2.19. The summed E-state index contributed by atoms with van der Waals surface area (Å²) in [4.78, 5) is 11.1. The molecule has 0 atom stereocenters. The maximum absolute atomic E-state index is 11.1. The van der Waals surface area contributed by atoms with Crippen LogP contribution < -0.4 is 0 Å². The average Bonchev–Trinajstić information content (AvgIpc) is 2.34. The van der Waals surface area contributed by atoms with Crippen molar-refractivity contribution >= 4 is 21.9 Å². The van der Waals surface area contributed by atoms with Gasteiger partial charge in [0.05, 0.1) is 16.8 Å². The van der Waals surface area contributed by atoms with Gasteiger partial charge in [0.15, 0.2) is 0 Å². The number of aromatic nitrogens is 1. The Kier molecular flexibility index (Phi) is 2.86. The monoisotopic (exact) mass is 233 g/mol. The number of hydrogen-bond donors (Lipinski definition) is 0. The second-order valence-corrected chi connectivity index (χ2v) is 2.92. The molecule has 1 rings (SSSR count). The molecule has 1 aromatic rings. The topological polar surface area (TPSA) is 52.3 Å². The molecule has 0 bridgehead atoms. The quantitative estimate of drug-likeness (QED) is 0.733. The van der Waals surface area contributed by atoms with Gasteiger partial charge in [-0.25, -0.2) is 4.79 Å². The number of aryl methyl sites for hydroxylation is 1. The summed E-state index contributed by atoms with van der Waals surface area (Å²) < 4.78 is 10.0. The molecule has 0 aromatic carbocycles. The Labute approximate surface area is 78.0 Å². The molecule has 0 fully saturated rings. The molecule has 0 aliphatic rings. The number of esters is 1. The molecule has 12 heavy (non-hydrogen) atoms. The van der Waals surface area contributed by atoms with E-state index >= 15 is 0 Å². The second-order valence-electron chi connectivity index (χ2n) is 2.13. The van der Waals surface area contributed by atoms with Crippen molar-refractivity contribution in [2.24, 2.45) is 0 Å². The van der Waals surface area contributed by atoms with Crippen LogP contribution in [0.5, 0.6) is 0 Å². The zero-order valence-electron chi connectivity index (χ0n) is 6.76. The highest BCUT2D eigenvalue weighted by Crippen LogP contribution is 2.20. The van der Waals surface area contributed by atoms with Crippen molar-refractivity contribution in [3.63, 3.8) is 0 Å². The molecular formula is C7H8BrNO3. The summed E-state index contributed by atoms with van der Waals surface area (Å²) in [5.74, 6) is -0.376. The average molecular weight is 234 g/mol. The first kappa shape index (κ1) is 9.25. The molecule has 1 heterocycles. The van der Waals surface area contributed by atoms with Crippen LogP contribution in [-0.4, -0.2) is 17.7 Å². The summed E-state index contributed by atoms with van der Waals surface area (Å²) in [5, 5.41) is 3.60. The molecule has 0 amide bonds. The minimum atomic E-state index is -0.495. The van der Waals surface area contributed by atoms with E-state index in [4.69, 9.17) is 9.26 Å². The fraction of sp³-hybridized carbons (Fsp3) is 0.429. The summed E-state index contributed by atoms with van der Waals surface area (Å²) >= 11 is 3.16. The predicted molar refractivity (Wildman–Crippen MR) is 44.9 cm³/mol. The fourth-order valence-electron chi connectivity index (χ4n) is 0.682. The molecule has 66 valence electrons. The largest absolute Gasteiger partial charge is 0.460 e. The first-order valence-corrected chi connectivity index (χ1v) is 4.25. The molecular weight excluding hydrogens is 226 g/mol. The van der Waals surface area contributed by atoms with E-state index in [9.17, 15) is 4.79 Å².